The third kappa shape index (κ3) is 5.86. The van der Waals surface area contributed by atoms with Gasteiger partial charge < -0.3 is 19.6 Å². The molecule has 4 rings (SSSR count). The first-order valence-electron chi connectivity index (χ1n) is 12.6. The van der Waals surface area contributed by atoms with E-state index in [4.69, 9.17) is 9.15 Å². The lowest BCUT2D eigenvalue weighted by Crippen LogP contribution is -2.47. The molecule has 1 amide bonds. The molecule has 2 aromatic carbocycles. The van der Waals surface area contributed by atoms with Gasteiger partial charge in [0.05, 0.1) is 17.0 Å². The summed E-state index contributed by atoms with van der Waals surface area (Å²) in [4.78, 5) is 24.7. The maximum absolute atomic E-state index is 12.8. The molecule has 0 spiro atoms. The number of aromatic carboxylic acids is 1. The van der Waals surface area contributed by atoms with Gasteiger partial charge in [0.15, 0.2) is 0 Å². The van der Waals surface area contributed by atoms with Gasteiger partial charge in [-0.2, -0.15) is 5.26 Å². The first-order chi connectivity index (χ1) is 17.9. The first kappa shape index (κ1) is 26.9. The fourth-order valence-electron chi connectivity index (χ4n) is 4.86. The number of nitrogens with zero attached hydrogens (tertiary/aromatic N) is 3. The third-order valence-corrected chi connectivity index (χ3v) is 6.72. The zero-order valence-corrected chi connectivity index (χ0v) is 22.1. The summed E-state index contributed by atoms with van der Waals surface area (Å²) in [7, 11) is 0. The van der Waals surface area contributed by atoms with Crippen molar-refractivity contribution in [3.8, 4) is 17.5 Å². The second-order valence-corrected chi connectivity index (χ2v) is 11.0. The second-order valence-electron chi connectivity index (χ2n) is 11.0. The zero-order valence-electron chi connectivity index (χ0n) is 22.1. The van der Waals surface area contributed by atoms with E-state index in [1.54, 1.807) is 39.8 Å². The van der Waals surface area contributed by atoms with Crippen LogP contribution in [0.15, 0.2) is 52.9 Å². The van der Waals surface area contributed by atoms with E-state index in [0.29, 0.717) is 30.4 Å². The average Bonchev–Trinajstić information content (AvgIpc) is 3.54. The van der Waals surface area contributed by atoms with Crippen molar-refractivity contribution in [3.63, 3.8) is 0 Å². The molecule has 0 saturated heterocycles. The van der Waals surface area contributed by atoms with Gasteiger partial charge in [0.25, 0.3) is 0 Å². The lowest BCUT2D eigenvalue weighted by molar-refractivity contribution is 0.0443. The van der Waals surface area contributed by atoms with Crippen molar-refractivity contribution in [1.29, 1.82) is 5.26 Å². The number of amides is 1. The van der Waals surface area contributed by atoms with Crippen LogP contribution in [0.2, 0.25) is 0 Å². The van der Waals surface area contributed by atoms with Crippen molar-refractivity contribution in [2.75, 3.05) is 0 Å². The minimum Gasteiger partial charge on any atom is -0.478 e. The molecule has 9 nitrogen and oxygen atoms in total. The van der Waals surface area contributed by atoms with Gasteiger partial charge in [-0.05, 0) is 69.9 Å². The molecule has 2 N–H and O–H groups in total. The molecule has 1 aliphatic carbocycles. The Morgan fingerprint density at radius 3 is 2.39 bits per heavy atom. The lowest BCUT2D eigenvalue weighted by atomic mass is 9.79. The highest BCUT2D eigenvalue weighted by molar-refractivity contribution is 5.89. The molecule has 1 fully saturated rings. The van der Waals surface area contributed by atoms with E-state index in [2.05, 4.69) is 21.6 Å². The minimum absolute atomic E-state index is 0.0395. The summed E-state index contributed by atoms with van der Waals surface area (Å²) in [6.45, 7) is 7.09. The third-order valence-electron chi connectivity index (χ3n) is 6.72. The van der Waals surface area contributed by atoms with Crippen molar-refractivity contribution in [3.05, 3.63) is 71.1 Å². The maximum atomic E-state index is 12.8. The molecule has 0 unspecified atom stereocenters. The molecule has 3 aromatic rings. The molecule has 0 bridgehead atoms. The summed E-state index contributed by atoms with van der Waals surface area (Å²) in [6, 6.07) is 16.7. The van der Waals surface area contributed by atoms with Gasteiger partial charge in [-0.15, -0.1) is 10.2 Å². The number of aromatic nitrogens is 2. The van der Waals surface area contributed by atoms with Crippen LogP contribution in [0.1, 0.15) is 80.8 Å². The number of hydrogen-bond donors (Lipinski definition) is 2. The highest BCUT2D eigenvalue weighted by Crippen LogP contribution is 2.42. The lowest BCUT2D eigenvalue weighted by Gasteiger charge is -2.29. The molecular weight excluding hydrogens is 484 g/mol. The minimum atomic E-state index is -1.12. The Labute approximate surface area is 221 Å². The molecule has 1 saturated carbocycles. The van der Waals surface area contributed by atoms with Crippen molar-refractivity contribution >= 4 is 12.1 Å². The molecule has 198 valence electrons. The van der Waals surface area contributed by atoms with Gasteiger partial charge in [0.1, 0.15) is 11.1 Å². The van der Waals surface area contributed by atoms with E-state index in [1.807, 2.05) is 30.3 Å². The summed E-state index contributed by atoms with van der Waals surface area (Å²) >= 11 is 0. The van der Waals surface area contributed by atoms with Crippen molar-refractivity contribution < 1.29 is 23.8 Å². The average molecular weight is 517 g/mol. The van der Waals surface area contributed by atoms with Crippen LogP contribution in [0.5, 0.6) is 0 Å². The number of benzene rings is 2. The molecule has 1 heterocycles. The number of alkyl carbamates (subject to hydrolysis) is 1. The van der Waals surface area contributed by atoms with E-state index in [1.165, 1.54) is 6.07 Å². The molecule has 9 heteroatoms. The predicted octanol–water partition coefficient (Wildman–Crippen LogP) is 5.75. The topological polar surface area (TPSA) is 138 Å². The Balaban J connectivity index is 1.74. The molecule has 0 aliphatic heterocycles. The largest absolute Gasteiger partial charge is 0.478 e. The fraction of sp³-hybridized carbons (Fsp3) is 0.414. The van der Waals surface area contributed by atoms with Gasteiger partial charge in [0, 0.05) is 12.0 Å². The van der Waals surface area contributed by atoms with Crippen LogP contribution in [0, 0.1) is 11.3 Å². The highest BCUT2D eigenvalue weighted by Gasteiger charge is 2.38. The summed E-state index contributed by atoms with van der Waals surface area (Å²) in [6.07, 6.45) is 2.83. The molecule has 1 aliphatic rings. The van der Waals surface area contributed by atoms with Gasteiger partial charge in [-0.3, -0.25) is 0 Å². The molecule has 0 radical (unpaired) electrons. The number of rotatable bonds is 7. The Morgan fingerprint density at radius 1 is 1.11 bits per heavy atom. The predicted molar refractivity (Wildman–Crippen MR) is 139 cm³/mol. The van der Waals surface area contributed by atoms with E-state index >= 15 is 0 Å². The quantitative estimate of drug-likeness (QED) is 0.405. The van der Waals surface area contributed by atoms with E-state index in [-0.39, 0.29) is 17.3 Å². The summed E-state index contributed by atoms with van der Waals surface area (Å²) in [5, 5.41) is 31.1. The zero-order chi connectivity index (χ0) is 27.6. The van der Waals surface area contributed by atoms with Crippen LogP contribution >= 0.6 is 0 Å². The van der Waals surface area contributed by atoms with E-state index < -0.39 is 28.6 Å². The summed E-state index contributed by atoms with van der Waals surface area (Å²) in [5.41, 5.74) is -0.575. The molecule has 1 aromatic heterocycles. The number of carbonyl (C=O) groups is 2. The van der Waals surface area contributed by atoms with Crippen molar-refractivity contribution in [2.24, 2.45) is 0 Å². The van der Waals surface area contributed by atoms with Crippen molar-refractivity contribution in [1.82, 2.24) is 15.5 Å². The van der Waals surface area contributed by atoms with E-state index in [0.717, 1.165) is 18.4 Å². The van der Waals surface area contributed by atoms with Gasteiger partial charge in [-0.1, -0.05) is 43.2 Å². The number of nitriles is 1. The van der Waals surface area contributed by atoms with Gasteiger partial charge >= 0.3 is 12.1 Å². The monoisotopic (exact) mass is 516 g/mol. The number of carboxylic acids is 1. The van der Waals surface area contributed by atoms with Gasteiger partial charge in [0.2, 0.25) is 11.8 Å². The second kappa shape index (κ2) is 10.3. The first-order valence-corrected chi connectivity index (χ1v) is 12.6. The standard InChI is InChI=1S/C29H32N4O5/c1-27(2,3)38-26(36)31-28(4,17-19-10-6-5-7-11-19)25-33-32-23(37-25)20-14-21(24(34)35)16-22(15-20)29(18-30)12-8-9-13-29/h5-7,10-11,14-16H,8-9,12-13,17H2,1-4H3,(H,31,36)(H,34,35)/t28-/m0/s1. The fourth-order valence-corrected chi connectivity index (χ4v) is 4.86. The Morgan fingerprint density at radius 2 is 1.79 bits per heavy atom. The van der Waals surface area contributed by atoms with Crippen LogP contribution in [-0.4, -0.2) is 33.0 Å². The van der Waals surface area contributed by atoms with E-state index in [9.17, 15) is 20.0 Å². The van der Waals surface area contributed by atoms with Crippen LogP contribution in [0.25, 0.3) is 11.5 Å². The Kier molecular flexibility index (Phi) is 7.27. The van der Waals surface area contributed by atoms with Crippen LogP contribution in [0.4, 0.5) is 4.79 Å². The number of hydrogen-bond acceptors (Lipinski definition) is 7. The SMILES string of the molecule is CC(C)(C)OC(=O)N[C@@](C)(Cc1ccccc1)c1nnc(-c2cc(C(=O)O)cc(C3(C#N)CCCC3)c2)o1. The summed E-state index contributed by atoms with van der Waals surface area (Å²) in [5.74, 6) is -0.875. The Bertz CT molecular complexity index is 1360. The number of carboxylic acid groups (broad SMARTS) is 1. The number of nitrogens with one attached hydrogen (secondary N) is 1. The van der Waals surface area contributed by atoms with Crippen LogP contribution in [-0.2, 0) is 22.1 Å². The van der Waals surface area contributed by atoms with Gasteiger partial charge in [-0.25, -0.2) is 9.59 Å². The van der Waals surface area contributed by atoms with Crippen LogP contribution in [0.3, 0.4) is 0 Å². The smallest absolute Gasteiger partial charge is 0.408 e. The normalized spacial score (nSPS) is 16.3. The number of ether oxygens (including phenoxy) is 1. The Hall–Kier alpha value is -4.19. The number of carbonyl (C=O) groups excluding carboxylic acids is 1. The maximum Gasteiger partial charge on any atom is 0.408 e. The van der Waals surface area contributed by atoms with Crippen LogP contribution < -0.4 is 5.32 Å². The summed E-state index contributed by atoms with van der Waals surface area (Å²) < 4.78 is 11.6. The molecule has 1 atom stereocenters. The molecular formula is C29H32N4O5. The molecule has 38 heavy (non-hydrogen) atoms. The van der Waals surface area contributed by atoms with Crippen molar-refractivity contribution in [2.45, 2.75) is 76.4 Å². The highest BCUT2D eigenvalue weighted by atomic mass is 16.6.